The third-order valence-electron chi connectivity index (χ3n) is 1.33. The van der Waals surface area contributed by atoms with Crippen LogP contribution in [0, 0.1) is 0 Å². The van der Waals surface area contributed by atoms with Gasteiger partial charge in [0.1, 0.15) is 5.82 Å². The summed E-state index contributed by atoms with van der Waals surface area (Å²) in [6.07, 6.45) is 2.14. The van der Waals surface area contributed by atoms with Crippen LogP contribution in [0.2, 0.25) is 0 Å². The minimum atomic E-state index is 0.617. The van der Waals surface area contributed by atoms with Gasteiger partial charge in [-0.2, -0.15) is 0 Å². The molecule has 54 valence electrons. The molecule has 0 bridgehead atoms. The average Bonchev–Trinajstić information content (AvgIpc) is 1.88. The van der Waals surface area contributed by atoms with Crippen molar-refractivity contribution in [2.24, 2.45) is 0 Å². The van der Waals surface area contributed by atoms with E-state index in [9.17, 15) is 0 Å². The molecule has 0 saturated heterocycles. The molecule has 0 aliphatic heterocycles. The summed E-state index contributed by atoms with van der Waals surface area (Å²) in [4.78, 5) is 4.14. The summed E-state index contributed by atoms with van der Waals surface area (Å²) >= 11 is 0. The fraction of sp³-hybridized carbons (Fsp3) is 0.375. The van der Waals surface area contributed by atoms with Crippen molar-refractivity contribution in [1.29, 1.82) is 0 Å². The Labute approximate surface area is 61.1 Å². The minimum Gasteiger partial charge on any atom is -0.384 e. The van der Waals surface area contributed by atoms with Crippen LogP contribution in [0.3, 0.4) is 0 Å². The summed E-state index contributed by atoms with van der Waals surface area (Å²) in [5.74, 6) is 0.617. The second-order valence-electron chi connectivity index (χ2n) is 2.30. The van der Waals surface area contributed by atoms with Crippen LogP contribution < -0.4 is 5.73 Å². The van der Waals surface area contributed by atoms with E-state index in [1.165, 1.54) is 0 Å². The third kappa shape index (κ3) is 1.72. The molecule has 2 heteroatoms. The van der Waals surface area contributed by atoms with Crippen LogP contribution >= 0.6 is 0 Å². The van der Waals surface area contributed by atoms with Crippen molar-refractivity contribution in [3.8, 4) is 0 Å². The summed E-state index contributed by atoms with van der Waals surface area (Å²) in [5, 5.41) is 0. The maximum Gasteiger partial charge on any atom is 0.123 e. The Morgan fingerprint density at radius 1 is 1.50 bits per heavy atom. The molecule has 1 rings (SSSR count). The quantitative estimate of drug-likeness (QED) is 0.671. The first-order valence-corrected chi connectivity index (χ1v) is 3.54. The molecule has 1 heterocycles. The lowest BCUT2D eigenvalue weighted by molar-refractivity contribution is 0.885. The number of nitrogens with two attached hydrogens (primary N) is 1. The van der Waals surface area contributed by atoms with Crippen molar-refractivity contribution in [2.75, 3.05) is 5.73 Å². The Balaban J connectivity index is 2.75. The zero-order valence-corrected chi connectivity index (χ0v) is 6.17. The number of nitrogens with zero attached hydrogens (tertiary/aromatic N) is 1. The minimum absolute atomic E-state index is 0.617. The van der Waals surface area contributed by atoms with Crippen molar-refractivity contribution in [3.63, 3.8) is 0 Å². The average molecular weight is 136 g/mol. The van der Waals surface area contributed by atoms with E-state index < -0.39 is 0 Å². The Bertz CT molecular complexity index is 208. The topological polar surface area (TPSA) is 38.9 Å². The largest absolute Gasteiger partial charge is 0.384 e. The fourth-order valence-corrected chi connectivity index (χ4v) is 0.894. The van der Waals surface area contributed by atoms with Crippen LogP contribution in [0.4, 0.5) is 5.82 Å². The summed E-state index contributed by atoms with van der Waals surface area (Å²) < 4.78 is 0. The molecule has 0 aromatic carbocycles. The zero-order valence-electron chi connectivity index (χ0n) is 6.17. The summed E-state index contributed by atoms with van der Waals surface area (Å²) in [6.45, 7) is 2.13. The van der Waals surface area contributed by atoms with Gasteiger partial charge in [0.15, 0.2) is 0 Å². The molecule has 0 saturated carbocycles. The predicted octanol–water partition coefficient (Wildman–Crippen LogP) is 1.62. The molecule has 0 spiro atoms. The molecule has 1 aromatic heterocycles. The van der Waals surface area contributed by atoms with E-state index in [2.05, 4.69) is 11.9 Å². The first-order chi connectivity index (χ1) is 4.83. The van der Waals surface area contributed by atoms with Gasteiger partial charge in [0.25, 0.3) is 0 Å². The monoisotopic (exact) mass is 136 g/mol. The molecule has 2 nitrogen and oxygen atoms in total. The van der Waals surface area contributed by atoms with E-state index in [0.717, 1.165) is 18.5 Å². The number of hydrogen-bond acceptors (Lipinski definition) is 2. The molecule has 0 aliphatic carbocycles. The van der Waals surface area contributed by atoms with Crippen molar-refractivity contribution in [1.82, 2.24) is 4.98 Å². The zero-order chi connectivity index (χ0) is 7.40. The molecular weight excluding hydrogens is 124 g/mol. The molecule has 0 radical (unpaired) electrons. The Kier molecular flexibility index (Phi) is 2.26. The number of rotatable bonds is 2. The van der Waals surface area contributed by atoms with E-state index in [1.54, 1.807) is 6.07 Å². The molecule has 0 aliphatic rings. The Morgan fingerprint density at radius 2 is 2.30 bits per heavy atom. The first-order valence-electron chi connectivity index (χ1n) is 3.54. The lowest BCUT2D eigenvalue weighted by atomic mass is 10.2. The van der Waals surface area contributed by atoms with Gasteiger partial charge in [-0.15, -0.1) is 0 Å². The van der Waals surface area contributed by atoms with Crippen LogP contribution in [-0.2, 0) is 6.42 Å². The van der Waals surface area contributed by atoms with Crippen molar-refractivity contribution >= 4 is 5.82 Å². The fourth-order valence-electron chi connectivity index (χ4n) is 0.894. The van der Waals surface area contributed by atoms with E-state index in [1.807, 2.05) is 12.1 Å². The maximum absolute atomic E-state index is 5.48. The molecular formula is C8H12N2. The molecule has 0 atom stereocenters. The highest BCUT2D eigenvalue weighted by molar-refractivity contribution is 5.28. The first kappa shape index (κ1) is 7.06. The normalized spacial score (nSPS) is 9.70. The third-order valence-corrected chi connectivity index (χ3v) is 1.33. The summed E-state index contributed by atoms with van der Waals surface area (Å²) in [5.41, 5.74) is 6.56. The highest BCUT2D eigenvalue weighted by Crippen LogP contribution is 2.02. The van der Waals surface area contributed by atoms with Gasteiger partial charge in [0, 0.05) is 5.69 Å². The molecule has 0 amide bonds. The molecule has 10 heavy (non-hydrogen) atoms. The summed E-state index contributed by atoms with van der Waals surface area (Å²) in [7, 11) is 0. The van der Waals surface area contributed by atoms with Gasteiger partial charge in [0.05, 0.1) is 0 Å². The van der Waals surface area contributed by atoms with Gasteiger partial charge in [-0.3, -0.25) is 0 Å². The van der Waals surface area contributed by atoms with Gasteiger partial charge in [-0.1, -0.05) is 19.4 Å². The summed E-state index contributed by atoms with van der Waals surface area (Å²) in [6, 6.07) is 5.74. The molecule has 1 aromatic rings. The second-order valence-corrected chi connectivity index (χ2v) is 2.30. The van der Waals surface area contributed by atoms with Gasteiger partial charge in [0.2, 0.25) is 0 Å². The van der Waals surface area contributed by atoms with Crippen LogP contribution in [-0.4, -0.2) is 4.98 Å². The SMILES string of the molecule is CCCc1cccc(N)n1. The van der Waals surface area contributed by atoms with E-state index in [0.29, 0.717) is 5.82 Å². The smallest absolute Gasteiger partial charge is 0.123 e. The molecule has 2 N–H and O–H groups in total. The second kappa shape index (κ2) is 3.20. The number of pyridine rings is 1. The Hall–Kier alpha value is -1.05. The number of nitrogen functional groups attached to an aromatic ring is 1. The molecule has 0 unspecified atom stereocenters. The van der Waals surface area contributed by atoms with Crippen LogP contribution in [0.25, 0.3) is 0 Å². The standard InChI is InChI=1S/C8H12N2/c1-2-4-7-5-3-6-8(9)10-7/h3,5-6H,2,4H2,1H3,(H2,9,10). The highest BCUT2D eigenvalue weighted by Gasteiger charge is 1.90. The maximum atomic E-state index is 5.48. The van der Waals surface area contributed by atoms with Gasteiger partial charge >= 0.3 is 0 Å². The van der Waals surface area contributed by atoms with Crippen LogP contribution in [0.15, 0.2) is 18.2 Å². The highest BCUT2D eigenvalue weighted by atomic mass is 14.8. The van der Waals surface area contributed by atoms with Gasteiger partial charge in [-0.05, 0) is 18.6 Å². The number of aromatic nitrogens is 1. The predicted molar refractivity (Wildman–Crippen MR) is 42.6 cm³/mol. The van der Waals surface area contributed by atoms with Crippen molar-refractivity contribution < 1.29 is 0 Å². The van der Waals surface area contributed by atoms with E-state index >= 15 is 0 Å². The number of anilines is 1. The van der Waals surface area contributed by atoms with Gasteiger partial charge < -0.3 is 5.73 Å². The Morgan fingerprint density at radius 3 is 2.90 bits per heavy atom. The van der Waals surface area contributed by atoms with Crippen molar-refractivity contribution in [2.45, 2.75) is 19.8 Å². The van der Waals surface area contributed by atoms with Gasteiger partial charge in [-0.25, -0.2) is 4.98 Å². The number of aryl methyl sites for hydroxylation is 1. The lowest BCUT2D eigenvalue weighted by Gasteiger charge is -1.96. The van der Waals surface area contributed by atoms with Crippen LogP contribution in [0.1, 0.15) is 19.0 Å². The van der Waals surface area contributed by atoms with Crippen molar-refractivity contribution in [3.05, 3.63) is 23.9 Å². The van der Waals surface area contributed by atoms with Crippen LogP contribution in [0.5, 0.6) is 0 Å². The van der Waals surface area contributed by atoms with E-state index in [-0.39, 0.29) is 0 Å². The number of hydrogen-bond donors (Lipinski definition) is 1. The van der Waals surface area contributed by atoms with E-state index in [4.69, 9.17) is 5.73 Å². The molecule has 0 fully saturated rings. The lowest BCUT2D eigenvalue weighted by Crippen LogP contribution is -1.93.